The van der Waals surface area contributed by atoms with Crippen LogP contribution in [0.15, 0.2) is 57.4 Å². The number of nitrogens with one attached hydrogen (secondary N) is 1. The van der Waals surface area contributed by atoms with Crippen molar-refractivity contribution in [3.8, 4) is 0 Å². The summed E-state index contributed by atoms with van der Waals surface area (Å²) in [6.45, 7) is 1.56. The molecule has 0 atom stereocenters. The number of ether oxygens (including phenoxy) is 1. The molecule has 5 nitrogen and oxygen atoms in total. The molecule has 3 rings (SSSR count). The van der Waals surface area contributed by atoms with Gasteiger partial charge in [-0.3, -0.25) is 4.79 Å². The highest BCUT2D eigenvalue weighted by Gasteiger charge is 2.15. The topological polar surface area (TPSA) is 68.5 Å². The maximum Gasteiger partial charge on any atom is 0.374 e. The molecule has 0 saturated carbocycles. The number of anilines is 1. The van der Waals surface area contributed by atoms with Crippen molar-refractivity contribution >= 4 is 44.5 Å². The summed E-state index contributed by atoms with van der Waals surface area (Å²) in [4.78, 5) is 23.9. The molecule has 24 heavy (non-hydrogen) atoms. The summed E-state index contributed by atoms with van der Waals surface area (Å²) in [6.07, 6.45) is 0. The van der Waals surface area contributed by atoms with Crippen molar-refractivity contribution in [3.05, 3.63) is 64.3 Å². The fourth-order valence-corrected chi connectivity index (χ4v) is 2.78. The number of aryl methyl sites for hydroxylation is 1. The lowest BCUT2D eigenvalue weighted by Gasteiger charge is -2.08. The molecule has 6 heteroatoms. The van der Waals surface area contributed by atoms with Gasteiger partial charge in [0.05, 0.1) is 5.69 Å². The van der Waals surface area contributed by atoms with Crippen LogP contribution in [0.3, 0.4) is 0 Å². The molecule has 3 aromatic rings. The summed E-state index contributed by atoms with van der Waals surface area (Å²) in [7, 11) is 0. The first-order chi connectivity index (χ1) is 11.5. The van der Waals surface area contributed by atoms with Gasteiger partial charge in [0.2, 0.25) is 5.76 Å². The van der Waals surface area contributed by atoms with Gasteiger partial charge in [0.1, 0.15) is 5.58 Å². The van der Waals surface area contributed by atoms with Crippen molar-refractivity contribution in [2.24, 2.45) is 0 Å². The quantitative estimate of drug-likeness (QED) is 0.677. The molecular formula is C18H14BrNO4. The van der Waals surface area contributed by atoms with E-state index in [4.69, 9.17) is 9.15 Å². The van der Waals surface area contributed by atoms with E-state index in [1.54, 1.807) is 18.2 Å². The zero-order chi connectivity index (χ0) is 17.1. The molecule has 0 radical (unpaired) electrons. The number of carbonyl (C=O) groups is 2. The van der Waals surface area contributed by atoms with Gasteiger partial charge >= 0.3 is 5.97 Å². The number of para-hydroxylation sites is 1. The minimum Gasteiger partial charge on any atom is -0.450 e. The zero-order valence-corrected chi connectivity index (χ0v) is 14.4. The number of carbonyl (C=O) groups excluding carboxylic acids is 2. The third-order valence-corrected chi connectivity index (χ3v) is 4.02. The zero-order valence-electron chi connectivity index (χ0n) is 12.8. The molecule has 122 valence electrons. The van der Waals surface area contributed by atoms with Crippen LogP contribution in [0.2, 0.25) is 0 Å². The van der Waals surface area contributed by atoms with E-state index in [2.05, 4.69) is 21.2 Å². The fourth-order valence-electron chi connectivity index (χ4n) is 2.19. The normalized spacial score (nSPS) is 10.6. The van der Waals surface area contributed by atoms with Crippen LogP contribution in [0.1, 0.15) is 16.1 Å². The summed E-state index contributed by atoms with van der Waals surface area (Å²) < 4.78 is 11.2. The van der Waals surface area contributed by atoms with E-state index in [1.807, 2.05) is 37.3 Å². The molecule has 0 aliphatic heterocycles. The Hall–Kier alpha value is -2.60. The van der Waals surface area contributed by atoms with Crippen molar-refractivity contribution < 1.29 is 18.7 Å². The molecule has 0 spiro atoms. The molecule has 0 saturated heterocycles. The van der Waals surface area contributed by atoms with Gasteiger partial charge in [-0.15, -0.1) is 0 Å². The monoisotopic (exact) mass is 387 g/mol. The molecule has 1 amide bonds. The smallest absolute Gasteiger partial charge is 0.374 e. The van der Waals surface area contributed by atoms with Gasteiger partial charge in [-0.25, -0.2) is 4.79 Å². The average Bonchev–Trinajstić information content (AvgIpc) is 2.99. The number of benzene rings is 2. The van der Waals surface area contributed by atoms with Crippen molar-refractivity contribution in [1.82, 2.24) is 0 Å². The van der Waals surface area contributed by atoms with Gasteiger partial charge < -0.3 is 14.5 Å². The second kappa shape index (κ2) is 6.88. The summed E-state index contributed by atoms with van der Waals surface area (Å²) in [5, 5.41) is 3.48. The number of esters is 1. The maximum atomic E-state index is 12.0. The summed E-state index contributed by atoms with van der Waals surface area (Å²) >= 11 is 3.37. The highest BCUT2D eigenvalue weighted by atomic mass is 79.9. The van der Waals surface area contributed by atoms with Gasteiger partial charge in [0.15, 0.2) is 6.61 Å². The summed E-state index contributed by atoms with van der Waals surface area (Å²) in [6, 6.07) is 14.4. The number of fused-ring (bicyclic) bond motifs is 1. The Kier molecular flexibility index (Phi) is 4.66. The second-order valence-corrected chi connectivity index (χ2v) is 6.11. The number of halogens is 1. The minimum absolute atomic E-state index is 0.0699. The van der Waals surface area contributed by atoms with Gasteiger partial charge in [-0.2, -0.15) is 0 Å². The van der Waals surface area contributed by atoms with E-state index in [1.165, 1.54) is 0 Å². The number of furan rings is 1. The largest absolute Gasteiger partial charge is 0.450 e. The van der Waals surface area contributed by atoms with E-state index >= 15 is 0 Å². The Morgan fingerprint density at radius 2 is 1.96 bits per heavy atom. The molecule has 1 N–H and O–H groups in total. The molecule has 1 aromatic heterocycles. The predicted molar refractivity (Wildman–Crippen MR) is 94.0 cm³/mol. The number of hydrogen-bond donors (Lipinski definition) is 1. The average molecular weight is 388 g/mol. The van der Waals surface area contributed by atoms with Crippen LogP contribution in [0, 0.1) is 6.92 Å². The minimum atomic E-state index is -0.677. The second-order valence-electron chi connectivity index (χ2n) is 5.26. The maximum absolute atomic E-state index is 12.0. The van der Waals surface area contributed by atoms with Gasteiger partial charge in [-0.05, 0) is 52.7 Å². The van der Waals surface area contributed by atoms with E-state index in [9.17, 15) is 9.59 Å². The molecule has 0 bridgehead atoms. The van der Waals surface area contributed by atoms with E-state index in [-0.39, 0.29) is 5.76 Å². The Balaban J connectivity index is 1.60. The lowest BCUT2D eigenvalue weighted by molar-refractivity contribution is -0.119. The van der Waals surface area contributed by atoms with Crippen LogP contribution >= 0.6 is 15.9 Å². The third-order valence-electron chi connectivity index (χ3n) is 3.36. The van der Waals surface area contributed by atoms with Crippen LogP contribution in [0.5, 0.6) is 0 Å². The van der Waals surface area contributed by atoms with Crippen LogP contribution in [-0.4, -0.2) is 18.5 Å². The molecule has 1 heterocycles. The lowest BCUT2D eigenvalue weighted by atomic mass is 10.2. The van der Waals surface area contributed by atoms with E-state index in [0.717, 1.165) is 15.4 Å². The standard InChI is InChI=1S/C18H14BrNO4/c1-11-6-7-14(13(19)8-11)20-17(21)10-23-18(22)16-9-12-4-2-3-5-15(12)24-16/h2-9H,10H2,1H3,(H,20,21). The van der Waals surface area contributed by atoms with Crippen LogP contribution < -0.4 is 5.32 Å². The first kappa shape index (κ1) is 16.3. The molecular weight excluding hydrogens is 374 g/mol. The summed E-state index contributed by atoms with van der Waals surface area (Å²) in [5.74, 6) is -1.03. The van der Waals surface area contributed by atoms with Crippen molar-refractivity contribution in [2.45, 2.75) is 6.92 Å². The van der Waals surface area contributed by atoms with Crippen LogP contribution in [0.25, 0.3) is 11.0 Å². The first-order valence-corrected chi connectivity index (χ1v) is 8.04. The van der Waals surface area contributed by atoms with Crippen molar-refractivity contribution in [3.63, 3.8) is 0 Å². The lowest BCUT2D eigenvalue weighted by Crippen LogP contribution is -2.21. The number of hydrogen-bond acceptors (Lipinski definition) is 4. The molecule has 2 aromatic carbocycles. The van der Waals surface area contributed by atoms with E-state index in [0.29, 0.717) is 11.3 Å². The Morgan fingerprint density at radius 3 is 2.71 bits per heavy atom. The van der Waals surface area contributed by atoms with Gasteiger partial charge in [-0.1, -0.05) is 24.3 Å². The molecule has 0 fully saturated rings. The van der Waals surface area contributed by atoms with Gasteiger partial charge in [0.25, 0.3) is 5.91 Å². The Bertz CT molecular complexity index is 883. The van der Waals surface area contributed by atoms with Gasteiger partial charge in [0, 0.05) is 9.86 Å². The number of amides is 1. The summed E-state index contributed by atoms with van der Waals surface area (Å²) in [5.41, 5.74) is 2.28. The van der Waals surface area contributed by atoms with Crippen molar-refractivity contribution in [1.29, 1.82) is 0 Å². The first-order valence-electron chi connectivity index (χ1n) is 7.24. The van der Waals surface area contributed by atoms with E-state index < -0.39 is 18.5 Å². The highest BCUT2D eigenvalue weighted by molar-refractivity contribution is 9.10. The SMILES string of the molecule is Cc1ccc(NC(=O)COC(=O)c2cc3ccccc3o2)c(Br)c1. The van der Waals surface area contributed by atoms with Crippen molar-refractivity contribution in [2.75, 3.05) is 11.9 Å². The highest BCUT2D eigenvalue weighted by Crippen LogP contribution is 2.23. The van der Waals surface area contributed by atoms with Crippen LogP contribution in [0.4, 0.5) is 5.69 Å². The number of rotatable bonds is 4. The predicted octanol–water partition coefficient (Wildman–Crippen LogP) is 4.30. The van der Waals surface area contributed by atoms with Crippen LogP contribution in [-0.2, 0) is 9.53 Å². The fraction of sp³-hybridized carbons (Fsp3) is 0.111. The third kappa shape index (κ3) is 3.65. The molecule has 0 aliphatic rings. The molecule has 0 unspecified atom stereocenters. The molecule has 0 aliphatic carbocycles. The Labute approximate surface area is 146 Å². The Morgan fingerprint density at radius 1 is 1.17 bits per heavy atom.